The summed E-state index contributed by atoms with van der Waals surface area (Å²) >= 11 is 12.2. The molecule has 0 radical (unpaired) electrons. The summed E-state index contributed by atoms with van der Waals surface area (Å²) in [4.78, 5) is 46.0. The first-order valence-electron chi connectivity index (χ1n) is 10.8. The van der Waals surface area contributed by atoms with Gasteiger partial charge in [-0.2, -0.15) is 0 Å². The highest BCUT2D eigenvalue weighted by Gasteiger charge is 2.54. The molecular formula is C24H26Cl2N4O3. The molecule has 2 aliphatic rings. The van der Waals surface area contributed by atoms with Crippen LogP contribution in [-0.4, -0.2) is 78.4 Å². The maximum absolute atomic E-state index is 13.6. The van der Waals surface area contributed by atoms with E-state index in [9.17, 15) is 14.4 Å². The summed E-state index contributed by atoms with van der Waals surface area (Å²) < 4.78 is 0. The molecule has 2 aliphatic heterocycles. The molecular weight excluding hydrogens is 463 g/mol. The fourth-order valence-corrected chi connectivity index (χ4v) is 5.03. The highest BCUT2D eigenvalue weighted by molar-refractivity contribution is 6.36. The third-order valence-electron chi connectivity index (χ3n) is 6.45. The minimum atomic E-state index is -0.797. The van der Waals surface area contributed by atoms with Crippen molar-refractivity contribution in [2.45, 2.75) is 18.4 Å². The predicted molar refractivity (Wildman–Crippen MR) is 129 cm³/mol. The smallest absolute Gasteiger partial charge is 0.255 e. The monoisotopic (exact) mass is 488 g/mol. The SMILES string of the molecule is CN(C)C(=O)CN1CN(c2ccccc2)C2(CCN(C(=O)c3ccc(Cl)cc3Cl)CC2)C1=O. The van der Waals surface area contributed by atoms with Crippen molar-refractivity contribution in [2.24, 2.45) is 0 Å². The Morgan fingerprint density at radius 3 is 2.30 bits per heavy atom. The second-order valence-corrected chi connectivity index (χ2v) is 9.49. The largest absolute Gasteiger partial charge is 0.347 e. The van der Waals surface area contributed by atoms with Gasteiger partial charge in [-0.05, 0) is 43.2 Å². The number of halogens is 2. The summed E-state index contributed by atoms with van der Waals surface area (Å²) in [5.74, 6) is -0.376. The quantitative estimate of drug-likeness (QED) is 0.661. The normalized spacial score (nSPS) is 17.6. The molecule has 0 saturated carbocycles. The minimum absolute atomic E-state index is 0.0277. The number of rotatable bonds is 4. The molecule has 0 N–H and O–H groups in total. The highest BCUT2D eigenvalue weighted by atomic mass is 35.5. The van der Waals surface area contributed by atoms with Crippen molar-refractivity contribution in [1.82, 2.24) is 14.7 Å². The fourth-order valence-electron chi connectivity index (χ4n) is 4.54. The molecule has 0 bridgehead atoms. The summed E-state index contributed by atoms with van der Waals surface area (Å²) in [7, 11) is 3.36. The Bertz CT molecular complexity index is 1070. The zero-order valence-electron chi connectivity index (χ0n) is 18.6. The van der Waals surface area contributed by atoms with E-state index in [-0.39, 0.29) is 24.3 Å². The Kier molecular flexibility index (Phi) is 6.54. The van der Waals surface area contributed by atoms with Crippen molar-refractivity contribution < 1.29 is 14.4 Å². The van der Waals surface area contributed by atoms with Gasteiger partial charge in [-0.3, -0.25) is 14.4 Å². The average molecular weight is 489 g/mol. The number of carbonyl (C=O) groups excluding carboxylic acids is 3. The van der Waals surface area contributed by atoms with Crippen LogP contribution in [0.4, 0.5) is 5.69 Å². The predicted octanol–water partition coefficient (Wildman–Crippen LogP) is 3.36. The Labute approximate surface area is 203 Å². The molecule has 1 spiro atoms. The molecule has 2 heterocycles. The van der Waals surface area contributed by atoms with Crippen LogP contribution in [0.5, 0.6) is 0 Å². The van der Waals surface area contributed by atoms with Gasteiger partial charge in [0, 0.05) is 37.9 Å². The molecule has 2 saturated heterocycles. The molecule has 3 amide bonds. The number of hydrogen-bond acceptors (Lipinski definition) is 4. The third kappa shape index (κ3) is 4.39. The summed E-state index contributed by atoms with van der Waals surface area (Å²) in [6.45, 7) is 1.17. The van der Waals surface area contributed by atoms with E-state index in [1.807, 2.05) is 30.3 Å². The average Bonchev–Trinajstić information content (AvgIpc) is 3.06. The Hall–Kier alpha value is -2.77. The number of piperidine rings is 1. The zero-order chi connectivity index (χ0) is 23.8. The number of hydrogen-bond donors (Lipinski definition) is 0. The summed E-state index contributed by atoms with van der Waals surface area (Å²) in [6, 6.07) is 14.6. The van der Waals surface area contributed by atoms with Gasteiger partial charge in [-0.1, -0.05) is 41.4 Å². The number of para-hydroxylation sites is 1. The van der Waals surface area contributed by atoms with E-state index in [1.54, 1.807) is 42.1 Å². The van der Waals surface area contributed by atoms with Crippen LogP contribution in [0.25, 0.3) is 0 Å². The molecule has 0 atom stereocenters. The number of nitrogens with zero attached hydrogens (tertiary/aromatic N) is 4. The Balaban J connectivity index is 1.57. The number of likely N-dealkylation sites (N-methyl/N-ethyl adjacent to an activating group) is 1. The van der Waals surface area contributed by atoms with Crippen molar-refractivity contribution in [3.05, 3.63) is 64.1 Å². The Morgan fingerprint density at radius 2 is 1.70 bits per heavy atom. The van der Waals surface area contributed by atoms with Crippen molar-refractivity contribution in [3.8, 4) is 0 Å². The van der Waals surface area contributed by atoms with E-state index in [2.05, 4.69) is 4.90 Å². The van der Waals surface area contributed by atoms with Crippen LogP contribution in [0.3, 0.4) is 0 Å². The number of carbonyl (C=O) groups is 3. The van der Waals surface area contributed by atoms with Crippen LogP contribution >= 0.6 is 23.2 Å². The standard InChI is InChI=1S/C24H26Cl2N4O3/c1-27(2)21(31)15-29-16-30(18-6-4-3-5-7-18)24(23(29)33)10-12-28(13-11-24)22(32)19-9-8-17(25)14-20(19)26/h3-9,14H,10-13,15-16H2,1-2H3. The Morgan fingerprint density at radius 1 is 1.03 bits per heavy atom. The molecule has 0 aromatic heterocycles. The molecule has 7 nitrogen and oxygen atoms in total. The maximum Gasteiger partial charge on any atom is 0.255 e. The molecule has 2 aromatic carbocycles. The van der Waals surface area contributed by atoms with Crippen molar-refractivity contribution >= 4 is 46.6 Å². The molecule has 2 aromatic rings. The molecule has 2 fully saturated rings. The van der Waals surface area contributed by atoms with Gasteiger partial charge in [0.05, 0.1) is 17.3 Å². The van der Waals surface area contributed by atoms with E-state index in [0.29, 0.717) is 48.2 Å². The van der Waals surface area contributed by atoms with Crippen molar-refractivity contribution in [1.29, 1.82) is 0 Å². The van der Waals surface area contributed by atoms with Crippen LogP contribution < -0.4 is 4.90 Å². The molecule has 33 heavy (non-hydrogen) atoms. The zero-order valence-corrected chi connectivity index (χ0v) is 20.1. The number of amides is 3. The summed E-state index contributed by atoms with van der Waals surface area (Å²) in [5, 5.41) is 0.778. The van der Waals surface area contributed by atoms with Gasteiger partial charge in [0.25, 0.3) is 11.8 Å². The van der Waals surface area contributed by atoms with E-state index in [1.165, 1.54) is 4.90 Å². The van der Waals surface area contributed by atoms with Gasteiger partial charge >= 0.3 is 0 Å². The number of likely N-dealkylation sites (tertiary alicyclic amines) is 1. The van der Waals surface area contributed by atoms with E-state index in [4.69, 9.17) is 23.2 Å². The van der Waals surface area contributed by atoms with Gasteiger partial charge in [0.1, 0.15) is 12.1 Å². The second kappa shape index (κ2) is 9.23. The minimum Gasteiger partial charge on any atom is -0.347 e. The lowest BCUT2D eigenvalue weighted by Gasteiger charge is -2.43. The van der Waals surface area contributed by atoms with Gasteiger partial charge in [0.15, 0.2) is 0 Å². The number of benzene rings is 2. The molecule has 0 unspecified atom stereocenters. The lowest BCUT2D eigenvalue weighted by atomic mass is 9.85. The first kappa shape index (κ1) is 23.4. The highest BCUT2D eigenvalue weighted by Crippen LogP contribution is 2.40. The first-order valence-corrected chi connectivity index (χ1v) is 11.5. The molecule has 0 aliphatic carbocycles. The summed E-state index contributed by atoms with van der Waals surface area (Å²) in [5.41, 5.74) is 0.521. The second-order valence-electron chi connectivity index (χ2n) is 8.64. The third-order valence-corrected chi connectivity index (χ3v) is 6.99. The topological polar surface area (TPSA) is 64.2 Å². The van der Waals surface area contributed by atoms with E-state index >= 15 is 0 Å². The van der Waals surface area contributed by atoms with Gasteiger partial charge in [-0.25, -0.2) is 0 Å². The van der Waals surface area contributed by atoms with Gasteiger partial charge in [0.2, 0.25) is 5.91 Å². The lowest BCUT2D eigenvalue weighted by molar-refractivity contribution is -0.139. The molecule has 174 valence electrons. The summed E-state index contributed by atoms with van der Waals surface area (Å²) in [6.07, 6.45) is 0.925. The van der Waals surface area contributed by atoms with Crippen LogP contribution in [0.1, 0.15) is 23.2 Å². The lowest BCUT2D eigenvalue weighted by Crippen LogP contribution is -2.57. The van der Waals surface area contributed by atoms with Crippen LogP contribution in [0.2, 0.25) is 10.0 Å². The van der Waals surface area contributed by atoms with Crippen LogP contribution in [-0.2, 0) is 9.59 Å². The van der Waals surface area contributed by atoms with Crippen LogP contribution in [0.15, 0.2) is 48.5 Å². The van der Waals surface area contributed by atoms with Gasteiger partial charge < -0.3 is 19.6 Å². The number of anilines is 1. The van der Waals surface area contributed by atoms with Crippen LogP contribution in [0, 0.1) is 0 Å². The van der Waals surface area contributed by atoms with E-state index in [0.717, 1.165) is 5.69 Å². The van der Waals surface area contributed by atoms with Crippen molar-refractivity contribution in [2.75, 3.05) is 45.3 Å². The molecule has 9 heteroatoms. The van der Waals surface area contributed by atoms with Crippen molar-refractivity contribution in [3.63, 3.8) is 0 Å². The van der Waals surface area contributed by atoms with Gasteiger partial charge in [-0.15, -0.1) is 0 Å². The maximum atomic E-state index is 13.6. The first-order chi connectivity index (χ1) is 15.7. The van der Waals surface area contributed by atoms with E-state index < -0.39 is 5.54 Å². The fraction of sp³-hybridized carbons (Fsp3) is 0.375. The molecule has 4 rings (SSSR count).